The van der Waals surface area contributed by atoms with Crippen LogP contribution in [0.3, 0.4) is 0 Å². The number of hydrogen-bond donors (Lipinski definition) is 0. The second kappa shape index (κ2) is 11.7. The van der Waals surface area contributed by atoms with Gasteiger partial charge in [-0.1, -0.05) is 90.1 Å². The highest BCUT2D eigenvalue weighted by Crippen LogP contribution is 2.38. The van der Waals surface area contributed by atoms with Crippen LogP contribution >= 0.6 is 0 Å². The number of oxime groups is 1. The SMILES string of the molecule is COc1cc(C(=O)ON=C(Cc2ccccc2)c2ccc(-c3ccccc3)cc2)cc(OC)c1OC. The van der Waals surface area contributed by atoms with Gasteiger partial charge < -0.3 is 19.0 Å². The highest BCUT2D eigenvalue weighted by molar-refractivity contribution is 6.02. The van der Waals surface area contributed by atoms with E-state index in [9.17, 15) is 4.79 Å². The van der Waals surface area contributed by atoms with Crippen molar-refractivity contribution in [2.75, 3.05) is 21.3 Å². The third-order valence-electron chi connectivity index (χ3n) is 5.68. The maximum atomic E-state index is 12.9. The van der Waals surface area contributed by atoms with Crippen LogP contribution in [-0.2, 0) is 11.3 Å². The summed E-state index contributed by atoms with van der Waals surface area (Å²) in [7, 11) is 4.48. The molecule has 4 aromatic carbocycles. The van der Waals surface area contributed by atoms with Gasteiger partial charge >= 0.3 is 5.97 Å². The van der Waals surface area contributed by atoms with Crippen molar-refractivity contribution >= 4 is 11.7 Å². The summed E-state index contributed by atoms with van der Waals surface area (Å²) in [5, 5.41) is 4.28. The first-order valence-electron chi connectivity index (χ1n) is 11.4. The van der Waals surface area contributed by atoms with Crippen molar-refractivity contribution in [3.05, 3.63) is 114 Å². The lowest BCUT2D eigenvalue weighted by Crippen LogP contribution is -2.10. The standard InChI is InChI=1S/C30H27NO5/c1-33-27-19-25(20-28(34-2)29(27)35-3)30(32)36-31-26(18-21-10-6-4-7-11-21)24-16-14-23(15-17-24)22-12-8-5-9-13-22/h4-17,19-20H,18H2,1-3H3. The van der Waals surface area contributed by atoms with Crippen LogP contribution in [0.2, 0.25) is 0 Å². The minimum Gasteiger partial charge on any atom is -0.493 e. The number of nitrogens with zero attached hydrogens (tertiary/aromatic N) is 1. The average molecular weight is 482 g/mol. The predicted octanol–water partition coefficient (Wildman–Crippen LogP) is 6.18. The number of benzene rings is 4. The summed E-state index contributed by atoms with van der Waals surface area (Å²) in [4.78, 5) is 18.3. The van der Waals surface area contributed by atoms with Crippen molar-refractivity contribution in [3.63, 3.8) is 0 Å². The van der Waals surface area contributed by atoms with E-state index in [0.29, 0.717) is 29.4 Å². The van der Waals surface area contributed by atoms with Gasteiger partial charge in [0.1, 0.15) is 0 Å². The van der Waals surface area contributed by atoms with Crippen molar-refractivity contribution in [1.29, 1.82) is 0 Å². The van der Waals surface area contributed by atoms with Gasteiger partial charge in [0.05, 0.1) is 32.6 Å². The molecule has 0 bridgehead atoms. The molecule has 0 aliphatic heterocycles. The monoisotopic (exact) mass is 481 g/mol. The summed E-state index contributed by atoms with van der Waals surface area (Å²) in [6, 6.07) is 31.1. The molecule has 0 aromatic heterocycles. The molecule has 0 atom stereocenters. The van der Waals surface area contributed by atoms with Crippen LogP contribution in [0.4, 0.5) is 0 Å². The number of rotatable bonds is 9. The lowest BCUT2D eigenvalue weighted by Gasteiger charge is -2.13. The van der Waals surface area contributed by atoms with E-state index in [4.69, 9.17) is 19.0 Å². The molecule has 182 valence electrons. The van der Waals surface area contributed by atoms with Crippen LogP contribution in [-0.4, -0.2) is 33.0 Å². The molecule has 0 heterocycles. The van der Waals surface area contributed by atoms with Gasteiger partial charge in [-0.25, -0.2) is 4.79 Å². The second-order valence-electron chi connectivity index (χ2n) is 7.94. The lowest BCUT2D eigenvalue weighted by molar-refractivity contribution is 0.0515. The number of ether oxygens (including phenoxy) is 3. The molecule has 0 amide bonds. The first-order valence-corrected chi connectivity index (χ1v) is 11.4. The van der Waals surface area contributed by atoms with Gasteiger partial charge in [0.15, 0.2) is 11.5 Å². The summed E-state index contributed by atoms with van der Waals surface area (Å²) in [5.74, 6) is 0.464. The van der Waals surface area contributed by atoms with E-state index in [1.807, 2.05) is 72.8 Å². The Morgan fingerprint density at radius 3 is 1.78 bits per heavy atom. The molecule has 0 N–H and O–H groups in total. The Hall–Kier alpha value is -4.58. The van der Waals surface area contributed by atoms with Gasteiger partial charge in [0, 0.05) is 6.42 Å². The smallest absolute Gasteiger partial charge is 0.366 e. The molecule has 0 aliphatic rings. The molecule has 4 aromatic rings. The van der Waals surface area contributed by atoms with Crippen molar-refractivity contribution in [3.8, 4) is 28.4 Å². The zero-order chi connectivity index (χ0) is 25.3. The fraction of sp³-hybridized carbons (Fsp3) is 0.133. The van der Waals surface area contributed by atoms with Gasteiger partial charge in [-0.15, -0.1) is 0 Å². The Bertz CT molecular complexity index is 1310. The van der Waals surface area contributed by atoms with Crippen LogP contribution in [0.1, 0.15) is 21.5 Å². The van der Waals surface area contributed by atoms with Gasteiger partial charge in [0.2, 0.25) is 5.75 Å². The molecule has 0 saturated heterocycles. The van der Waals surface area contributed by atoms with E-state index in [1.54, 1.807) is 0 Å². The highest BCUT2D eigenvalue weighted by Gasteiger charge is 2.19. The summed E-state index contributed by atoms with van der Waals surface area (Å²) >= 11 is 0. The number of carbonyl (C=O) groups is 1. The van der Waals surface area contributed by atoms with Gasteiger partial charge in [-0.05, 0) is 34.4 Å². The van der Waals surface area contributed by atoms with Crippen LogP contribution in [0.25, 0.3) is 11.1 Å². The summed E-state index contributed by atoms with van der Waals surface area (Å²) in [5.41, 5.74) is 4.98. The largest absolute Gasteiger partial charge is 0.493 e. The molecule has 36 heavy (non-hydrogen) atoms. The molecule has 0 aliphatic carbocycles. The maximum Gasteiger partial charge on any atom is 0.366 e. The summed E-state index contributed by atoms with van der Waals surface area (Å²) in [6.07, 6.45) is 0.494. The van der Waals surface area contributed by atoms with E-state index in [0.717, 1.165) is 22.3 Å². The third kappa shape index (κ3) is 5.73. The van der Waals surface area contributed by atoms with Gasteiger partial charge in [-0.2, -0.15) is 0 Å². The summed E-state index contributed by atoms with van der Waals surface area (Å²) in [6.45, 7) is 0. The minimum absolute atomic E-state index is 0.228. The van der Waals surface area contributed by atoms with E-state index in [-0.39, 0.29) is 5.56 Å². The maximum absolute atomic E-state index is 12.9. The van der Waals surface area contributed by atoms with Gasteiger partial charge in [-0.3, -0.25) is 0 Å². The Labute approximate surface area is 210 Å². The molecular weight excluding hydrogens is 454 g/mol. The Kier molecular flexibility index (Phi) is 7.98. The molecule has 4 rings (SSSR count). The average Bonchev–Trinajstić information content (AvgIpc) is 2.95. The topological polar surface area (TPSA) is 66.4 Å². The zero-order valence-corrected chi connectivity index (χ0v) is 20.4. The number of methoxy groups -OCH3 is 3. The van der Waals surface area contributed by atoms with E-state index < -0.39 is 5.97 Å². The van der Waals surface area contributed by atoms with E-state index >= 15 is 0 Å². The molecule has 6 heteroatoms. The lowest BCUT2D eigenvalue weighted by atomic mass is 9.99. The molecule has 0 spiro atoms. The summed E-state index contributed by atoms with van der Waals surface area (Å²) < 4.78 is 16.0. The van der Waals surface area contributed by atoms with Crippen LogP contribution in [0.5, 0.6) is 17.2 Å². The number of hydrogen-bond acceptors (Lipinski definition) is 6. The van der Waals surface area contributed by atoms with E-state index in [1.165, 1.54) is 33.5 Å². The quantitative estimate of drug-likeness (QED) is 0.162. The third-order valence-corrected chi connectivity index (χ3v) is 5.68. The minimum atomic E-state index is -0.638. The molecule has 0 fully saturated rings. The fourth-order valence-electron chi connectivity index (χ4n) is 3.81. The zero-order valence-electron chi connectivity index (χ0n) is 20.4. The van der Waals surface area contributed by atoms with Gasteiger partial charge in [0.25, 0.3) is 0 Å². The first-order chi connectivity index (χ1) is 17.6. The second-order valence-corrected chi connectivity index (χ2v) is 7.94. The van der Waals surface area contributed by atoms with Crippen LogP contribution in [0.15, 0.2) is 102 Å². The van der Waals surface area contributed by atoms with Crippen molar-refractivity contribution in [1.82, 2.24) is 0 Å². The normalized spacial score (nSPS) is 11.0. The Balaban J connectivity index is 1.63. The van der Waals surface area contributed by atoms with Crippen LogP contribution < -0.4 is 14.2 Å². The highest BCUT2D eigenvalue weighted by atomic mass is 16.7. The van der Waals surface area contributed by atoms with Crippen molar-refractivity contribution < 1.29 is 23.8 Å². The van der Waals surface area contributed by atoms with E-state index in [2.05, 4.69) is 17.3 Å². The number of carbonyl (C=O) groups excluding carboxylic acids is 1. The Morgan fingerprint density at radius 2 is 1.22 bits per heavy atom. The molecule has 0 radical (unpaired) electrons. The molecule has 0 unspecified atom stereocenters. The fourth-order valence-corrected chi connectivity index (χ4v) is 3.81. The first kappa shape index (κ1) is 24.5. The van der Waals surface area contributed by atoms with Crippen molar-refractivity contribution in [2.24, 2.45) is 5.16 Å². The van der Waals surface area contributed by atoms with Crippen LogP contribution in [0, 0.1) is 0 Å². The predicted molar refractivity (Wildman–Crippen MR) is 140 cm³/mol. The Morgan fingerprint density at radius 1 is 0.667 bits per heavy atom. The molecular formula is C30H27NO5. The molecule has 6 nitrogen and oxygen atoms in total. The molecule has 0 saturated carbocycles. The van der Waals surface area contributed by atoms with Crippen molar-refractivity contribution in [2.45, 2.75) is 6.42 Å².